The zero-order valence-corrected chi connectivity index (χ0v) is 11.4. The summed E-state index contributed by atoms with van der Waals surface area (Å²) in [5.41, 5.74) is 2.03. The highest BCUT2D eigenvalue weighted by molar-refractivity contribution is 5.94. The third-order valence-corrected chi connectivity index (χ3v) is 4.93. The van der Waals surface area contributed by atoms with Gasteiger partial charge in [0, 0.05) is 18.7 Å². The molecule has 1 saturated carbocycles. The van der Waals surface area contributed by atoms with Crippen LogP contribution in [0.4, 0.5) is 0 Å². The average Bonchev–Trinajstić information content (AvgIpc) is 2.45. The van der Waals surface area contributed by atoms with Crippen molar-refractivity contribution >= 4 is 5.91 Å². The molecule has 1 aromatic rings. The number of benzene rings is 1. The summed E-state index contributed by atoms with van der Waals surface area (Å²) in [5, 5.41) is 9.90. The van der Waals surface area contributed by atoms with E-state index in [1.54, 1.807) is 0 Å². The van der Waals surface area contributed by atoms with Gasteiger partial charge in [-0.2, -0.15) is 0 Å². The lowest BCUT2D eigenvalue weighted by molar-refractivity contribution is -0.0952. The number of hydrogen-bond acceptors (Lipinski definition) is 2. The van der Waals surface area contributed by atoms with Crippen molar-refractivity contribution in [3.63, 3.8) is 0 Å². The minimum atomic E-state index is -0.135. The molecule has 1 atom stereocenters. The molecule has 0 aromatic heterocycles. The Bertz CT molecular complexity index is 489. The minimum absolute atomic E-state index is 0.128. The van der Waals surface area contributed by atoms with Gasteiger partial charge in [-0.15, -0.1) is 0 Å². The molecule has 3 nitrogen and oxygen atoms in total. The van der Waals surface area contributed by atoms with Gasteiger partial charge in [-0.3, -0.25) is 4.79 Å². The number of aliphatic hydroxyl groups is 1. The number of likely N-dealkylation sites (tertiary alicyclic amines) is 1. The van der Waals surface area contributed by atoms with E-state index in [2.05, 4.69) is 0 Å². The van der Waals surface area contributed by atoms with Crippen molar-refractivity contribution in [3.8, 4) is 0 Å². The van der Waals surface area contributed by atoms with Gasteiger partial charge in [0.15, 0.2) is 0 Å². The number of amides is 1. The van der Waals surface area contributed by atoms with E-state index in [0.717, 1.165) is 49.9 Å². The third-order valence-electron chi connectivity index (χ3n) is 4.93. The molecule has 102 valence electrons. The SMILES string of the molecule is Cc1cccc(C(=O)N2CCC3(CCC3O)CC2)c1. The zero-order chi connectivity index (χ0) is 13.5. The average molecular weight is 259 g/mol. The van der Waals surface area contributed by atoms with Crippen LogP contribution >= 0.6 is 0 Å². The summed E-state index contributed by atoms with van der Waals surface area (Å²) < 4.78 is 0. The molecule has 1 heterocycles. The highest BCUT2D eigenvalue weighted by Crippen LogP contribution is 2.49. The molecule has 1 aliphatic carbocycles. The molecule has 3 rings (SSSR count). The van der Waals surface area contributed by atoms with Gasteiger partial charge in [0.05, 0.1) is 6.10 Å². The summed E-state index contributed by atoms with van der Waals surface area (Å²) in [6, 6.07) is 7.78. The number of hydrogen-bond donors (Lipinski definition) is 1. The van der Waals surface area contributed by atoms with Crippen LogP contribution < -0.4 is 0 Å². The molecule has 1 unspecified atom stereocenters. The molecule has 2 fully saturated rings. The molecule has 1 N–H and O–H groups in total. The fraction of sp³-hybridized carbons (Fsp3) is 0.562. The van der Waals surface area contributed by atoms with Gasteiger partial charge in [-0.05, 0) is 50.2 Å². The van der Waals surface area contributed by atoms with Gasteiger partial charge in [0.1, 0.15) is 0 Å². The predicted octanol–water partition coefficient (Wildman–Crippen LogP) is 2.37. The van der Waals surface area contributed by atoms with Crippen molar-refractivity contribution < 1.29 is 9.90 Å². The van der Waals surface area contributed by atoms with E-state index in [0.29, 0.717) is 0 Å². The van der Waals surface area contributed by atoms with Gasteiger partial charge in [0.2, 0.25) is 0 Å². The molecule has 1 spiro atoms. The lowest BCUT2D eigenvalue weighted by Crippen LogP contribution is -2.53. The maximum atomic E-state index is 12.4. The molecular formula is C16H21NO2. The Labute approximate surface area is 114 Å². The first-order chi connectivity index (χ1) is 9.11. The number of aliphatic hydroxyl groups excluding tert-OH is 1. The lowest BCUT2D eigenvalue weighted by Gasteiger charge is -2.51. The number of piperidine rings is 1. The number of carbonyl (C=O) groups excluding carboxylic acids is 1. The Morgan fingerprint density at radius 3 is 2.58 bits per heavy atom. The molecule has 2 aliphatic rings. The first-order valence-electron chi connectivity index (χ1n) is 7.15. The van der Waals surface area contributed by atoms with Gasteiger partial charge in [-0.25, -0.2) is 0 Å². The van der Waals surface area contributed by atoms with Crippen LogP contribution in [0.15, 0.2) is 24.3 Å². The lowest BCUT2D eigenvalue weighted by atomic mass is 9.61. The van der Waals surface area contributed by atoms with E-state index >= 15 is 0 Å². The third kappa shape index (κ3) is 2.16. The Morgan fingerprint density at radius 2 is 2.05 bits per heavy atom. The molecule has 1 aromatic carbocycles. The van der Waals surface area contributed by atoms with E-state index in [1.165, 1.54) is 0 Å². The number of nitrogens with zero attached hydrogens (tertiary/aromatic N) is 1. The maximum absolute atomic E-state index is 12.4. The standard InChI is InChI=1S/C16H21NO2/c1-12-3-2-4-13(11-12)15(19)17-9-7-16(8-10-17)6-5-14(16)18/h2-4,11,14,18H,5-10H2,1H3. The van der Waals surface area contributed by atoms with Crippen molar-refractivity contribution in [2.24, 2.45) is 5.41 Å². The Hall–Kier alpha value is -1.35. The molecular weight excluding hydrogens is 238 g/mol. The Balaban J connectivity index is 1.67. The smallest absolute Gasteiger partial charge is 0.253 e. The van der Waals surface area contributed by atoms with Crippen molar-refractivity contribution in [2.75, 3.05) is 13.1 Å². The van der Waals surface area contributed by atoms with Crippen LogP contribution in [-0.2, 0) is 0 Å². The second kappa shape index (κ2) is 4.64. The monoisotopic (exact) mass is 259 g/mol. The molecule has 1 aliphatic heterocycles. The predicted molar refractivity (Wildman–Crippen MR) is 74.0 cm³/mol. The van der Waals surface area contributed by atoms with Crippen LogP contribution in [0.2, 0.25) is 0 Å². The summed E-state index contributed by atoms with van der Waals surface area (Å²) in [7, 11) is 0. The fourth-order valence-corrected chi connectivity index (χ4v) is 3.38. The summed E-state index contributed by atoms with van der Waals surface area (Å²) in [6.45, 7) is 3.57. The molecule has 3 heteroatoms. The number of carbonyl (C=O) groups is 1. The minimum Gasteiger partial charge on any atom is -0.393 e. The van der Waals surface area contributed by atoms with Gasteiger partial charge in [-0.1, -0.05) is 17.7 Å². The largest absolute Gasteiger partial charge is 0.393 e. The van der Waals surface area contributed by atoms with E-state index < -0.39 is 0 Å². The Morgan fingerprint density at radius 1 is 1.32 bits per heavy atom. The molecule has 1 amide bonds. The van der Waals surface area contributed by atoms with E-state index in [-0.39, 0.29) is 17.4 Å². The van der Waals surface area contributed by atoms with E-state index in [9.17, 15) is 9.90 Å². The van der Waals surface area contributed by atoms with Gasteiger partial charge < -0.3 is 10.0 Å². The summed E-state index contributed by atoms with van der Waals surface area (Å²) in [5.74, 6) is 0.132. The van der Waals surface area contributed by atoms with Crippen LogP contribution in [0.5, 0.6) is 0 Å². The van der Waals surface area contributed by atoms with Crippen LogP contribution in [0.25, 0.3) is 0 Å². The topological polar surface area (TPSA) is 40.5 Å². The second-order valence-corrected chi connectivity index (χ2v) is 6.08. The van der Waals surface area contributed by atoms with Crippen molar-refractivity contribution in [1.29, 1.82) is 0 Å². The van der Waals surface area contributed by atoms with E-state index in [1.807, 2.05) is 36.1 Å². The second-order valence-electron chi connectivity index (χ2n) is 6.08. The molecule has 1 saturated heterocycles. The molecule has 0 bridgehead atoms. The van der Waals surface area contributed by atoms with Crippen molar-refractivity contribution in [1.82, 2.24) is 4.90 Å². The fourth-order valence-electron chi connectivity index (χ4n) is 3.38. The van der Waals surface area contributed by atoms with Crippen LogP contribution in [0.1, 0.15) is 41.6 Å². The maximum Gasteiger partial charge on any atom is 0.253 e. The van der Waals surface area contributed by atoms with Crippen molar-refractivity contribution in [2.45, 2.75) is 38.7 Å². The van der Waals surface area contributed by atoms with Crippen LogP contribution in [0, 0.1) is 12.3 Å². The van der Waals surface area contributed by atoms with Crippen LogP contribution in [-0.4, -0.2) is 35.1 Å². The zero-order valence-electron chi connectivity index (χ0n) is 11.4. The first-order valence-corrected chi connectivity index (χ1v) is 7.15. The summed E-state index contributed by atoms with van der Waals surface area (Å²) in [6.07, 6.45) is 3.83. The quantitative estimate of drug-likeness (QED) is 0.841. The van der Waals surface area contributed by atoms with Crippen LogP contribution in [0.3, 0.4) is 0 Å². The highest BCUT2D eigenvalue weighted by atomic mass is 16.3. The molecule has 0 radical (unpaired) electrons. The first kappa shape index (κ1) is 12.7. The van der Waals surface area contributed by atoms with E-state index in [4.69, 9.17) is 0 Å². The van der Waals surface area contributed by atoms with Crippen molar-refractivity contribution in [3.05, 3.63) is 35.4 Å². The normalized spacial score (nSPS) is 25.2. The number of rotatable bonds is 1. The van der Waals surface area contributed by atoms with Gasteiger partial charge in [0.25, 0.3) is 5.91 Å². The summed E-state index contributed by atoms with van der Waals surface area (Å²) in [4.78, 5) is 14.3. The summed E-state index contributed by atoms with van der Waals surface area (Å²) >= 11 is 0. The molecule has 19 heavy (non-hydrogen) atoms. The van der Waals surface area contributed by atoms with Gasteiger partial charge >= 0.3 is 0 Å². The highest BCUT2D eigenvalue weighted by Gasteiger charge is 2.47. The number of aryl methyl sites for hydroxylation is 1. The Kier molecular flexibility index (Phi) is 3.09.